The van der Waals surface area contributed by atoms with Crippen molar-refractivity contribution in [1.82, 2.24) is 0 Å². The van der Waals surface area contributed by atoms with E-state index >= 15 is 0 Å². The molecule has 0 aromatic heterocycles. The number of nitrogens with zero attached hydrogens (tertiary/aromatic N) is 1. The molecule has 1 N–H and O–H groups in total. The Labute approximate surface area is 102 Å². The predicted molar refractivity (Wildman–Crippen MR) is 74.6 cm³/mol. The van der Waals surface area contributed by atoms with Crippen molar-refractivity contribution in [2.24, 2.45) is 4.99 Å². The predicted octanol–water partition coefficient (Wildman–Crippen LogP) is 4.54. The Morgan fingerprint density at radius 3 is 2.24 bits per heavy atom. The molecule has 0 amide bonds. The zero-order valence-corrected chi connectivity index (χ0v) is 10.1. The molecule has 0 fully saturated rings. The largest absolute Gasteiger partial charge is 0.354 e. The van der Waals surface area contributed by atoms with Gasteiger partial charge in [0, 0.05) is 11.4 Å². The minimum atomic E-state index is 0.969. The highest BCUT2D eigenvalue weighted by atomic mass is 14.9. The Morgan fingerprint density at radius 1 is 0.882 bits per heavy atom. The van der Waals surface area contributed by atoms with Gasteiger partial charge in [0.15, 0.2) is 0 Å². The average molecular weight is 224 g/mol. The van der Waals surface area contributed by atoms with Gasteiger partial charge in [-0.3, -0.25) is 4.99 Å². The molecule has 2 rings (SSSR count). The van der Waals surface area contributed by atoms with Crippen molar-refractivity contribution in [2.45, 2.75) is 13.8 Å². The molecule has 2 aromatic carbocycles. The highest BCUT2D eigenvalue weighted by Crippen LogP contribution is 2.27. The zero-order valence-electron chi connectivity index (χ0n) is 10.1. The molecule has 0 atom stereocenters. The summed E-state index contributed by atoms with van der Waals surface area (Å²) >= 11 is 0. The van der Waals surface area contributed by atoms with Gasteiger partial charge in [0.2, 0.25) is 0 Å². The number of hydrogen-bond donors (Lipinski definition) is 1. The Hall–Kier alpha value is -2.09. The van der Waals surface area contributed by atoms with E-state index in [1.54, 1.807) is 0 Å². The number of anilines is 2. The van der Waals surface area contributed by atoms with E-state index in [4.69, 9.17) is 0 Å². The van der Waals surface area contributed by atoms with E-state index in [0.717, 1.165) is 22.8 Å². The van der Waals surface area contributed by atoms with Gasteiger partial charge < -0.3 is 5.32 Å². The minimum Gasteiger partial charge on any atom is -0.354 e. The molecule has 86 valence electrons. The van der Waals surface area contributed by atoms with Gasteiger partial charge in [0.05, 0.1) is 11.4 Å². The van der Waals surface area contributed by atoms with Crippen molar-refractivity contribution in [3.63, 3.8) is 0 Å². The third-order valence-corrected chi connectivity index (χ3v) is 2.30. The van der Waals surface area contributed by atoms with Gasteiger partial charge >= 0.3 is 0 Å². The topological polar surface area (TPSA) is 24.4 Å². The lowest BCUT2D eigenvalue weighted by Crippen LogP contribution is -1.90. The van der Waals surface area contributed by atoms with Gasteiger partial charge in [-0.25, -0.2) is 0 Å². The van der Waals surface area contributed by atoms with Crippen molar-refractivity contribution in [1.29, 1.82) is 0 Å². The van der Waals surface area contributed by atoms with Gasteiger partial charge in [0.25, 0.3) is 0 Å². The first-order valence-corrected chi connectivity index (χ1v) is 5.69. The first-order chi connectivity index (χ1) is 8.25. The van der Waals surface area contributed by atoms with Crippen molar-refractivity contribution in [2.75, 3.05) is 5.32 Å². The van der Waals surface area contributed by atoms with E-state index in [0.29, 0.717) is 0 Å². The SMILES string of the molecule is CC(C)=Nc1ccccc1Nc1ccccc1. The molecule has 0 heterocycles. The summed E-state index contributed by atoms with van der Waals surface area (Å²) in [5, 5.41) is 3.37. The summed E-state index contributed by atoms with van der Waals surface area (Å²) in [4.78, 5) is 4.51. The maximum absolute atomic E-state index is 4.51. The second-order valence-electron chi connectivity index (χ2n) is 4.07. The normalized spacial score (nSPS) is 9.76. The molecule has 2 heteroatoms. The van der Waals surface area contributed by atoms with E-state index < -0.39 is 0 Å². The number of hydrogen-bond acceptors (Lipinski definition) is 2. The van der Waals surface area contributed by atoms with Crippen LogP contribution in [0.5, 0.6) is 0 Å². The first kappa shape index (κ1) is 11.4. The Morgan fingerprint density at radius 2 is 1.53 bits per heavy atom. The molecule has 0 aliphatic rings. The van der Waals surface area contributed by atoms with Crippen LogP contribution in [-0.4, -0.2) is 5.71 Å². The average Bonchev–Trinajstić information content (AvgIpc) is 2.32. The molecule has 2 aromatic rings. The zero-order chi connectivity index (χ0) is 12.1. The fourth-order valence-corrected chi connectivity index (χ4v) is 1.59. The summed E-state index contributed by atoms with van der Waals surface area (Å²) in [6.07, 6.45) is 0. The van der Waals surface area contributed by atoms with Crippen LogP contribution in [0, 0.1) is 0 Å². The fourth-order valence-electron chi connectivity index (χ4n) is 1.59. The van der Waals surface area contributed by atoms with Crippen LogP contribution in [-0.2, 0) is 0 Å². The summed E-state index contributed by atoms with van der Waals surface area (Å²) in [5.41, 5.74) is 4.12. The molecular weight excluding hydrogens is 208 g/mol. The molecule has 17 heavy (non-hydrogen) atoms. The smallest absolute Gasteiger partial charge is 0.0863 e. The molecule has 0 saturated carbocycles. The van der Waals surface area contributed by atoms with Crippen LogP contribution < -0.4 is 5.32 Å². The summed E-state index contributed by atoms with van der Waals surface area (Å²) in [5.74, 6) is 0. The van der Waals surface area contributed by atoms with Crippen molar-refractivity contribution in [3.8, 4) is 0 Å². The van der Waals surface area contributed by atoms with Crippen LogP contribution in [0.25, 0.3) is 0 Å². The molecule has 0 radical (unpaired) electrons. The summed E-state index contributed by atoms with van der Waals surface area (Å²) < 4.78 is 0. The van der Waals surface area contributed by atoms with Gasteiger partial charge in [-0.2, -0.15) is 0 Å². The second kappa shape index (κ2) is 5.30. The highest BCUT2D eigenvalue weighted by Gasteiger charge is 2.00. The standard InChI is InChI=1S/C15H16N2/c1-12(2)16-14-10-6-7-11-15(14)17-13-8-4-3-5-9-13/h3-11,17H,1-2H3. The van der Waals surface area contributed by atoms with Crippen LogP contribution in [0.3, 0.4) is 0 Å². The van der Waals surface area contributed by atoms with Gasteiger partial charge in [-0.1, -0.05) is 30.3 Å². The molecule has 2 nitrogen and oxygen atoms in total. The maximum atomic E-state index is 4.51. The molecule has 0 aliphatic heterocycles. The second-order valence-corrected chi connectivity index (χ2v) is 4.07. The van der Waals surface area contributed by atoms with Crippen molar-refractivity contribution in [3.05, 3.63) is 54.6 Å². The van der Waals surface area contributed by atoms with E-state index in [1.807, 2.05) is 68.4 Å². The fraction of sp³-hybridized carbons (Fsp3) is 0.133. The number of para-hydroxylation sites is 3. The maximum Gasteiger partial charge on any atom is 0.0863 e. The highest BCUT2D eigenvalue weighted by molar-refractivity contribution is 5.85. The lowest BCUT2D eigenvalue weighted by atomic mass is 10.2. The molecule has 0 unspecified atom stereocenters. The third-order valence-electron chi connectivity index (χ3n) is 2.30. The third kappa shape index (κ3) is 3.18. The number of nitrogens with one attached hydrogen (secondary N) is 1. The van der Waals surface area contributed by atoms with Crippen molar-refractivity contribution < 1.29 is 0 Å². The molecule has 0 bridgehead atoms. The monoisotopic (exact) mass is 224 g/mol. The Bertz CT molecular complexity index is 511. The number of rotatable bonds is 3. The van der Waals surface area contributed by atoms with Crippen LogP contribution in [0.15, 0.2) is 59.6 Å². The van der Waals surface area contributed by atoms with Crippen LogP contribution in [0.2, 0.25) is 0 Å². The summed E-state index contributed by atoms with van der Waals surface area (Å²) in [7, 11) is 0. The van der Waals surface area contributed by atoms with Gasteiger partial charge in [-0.15, -0.1) is 0 Å². The molecule has 0 spiro atoms. The van der Waals surface area contributed by atoms with Crippen LogP contribution in [0.4, 0.5) is 17.1 Å². The number of benzene rings is 2. The quantitative estimate of drug-likeness (QED) is 0.760. The Kier molecular flexibility index (Phi) is 3.55. The molecule has 0 saturated heterocycles. The van der Waals surface area contributed by atoms with E-state index in [-0.39, 0.29) is 0 Å². The number of aliphatic imine (C=N–C) groups is 1. The van der Waals surface area contributed by atoms with E-state index in [1.165, 1.54) is 0 Å². The van der Waals surface area contributed by atoms with Crippen molar-refractivity contribution >= 4 is 22.8 Å². The van der Waals surface area contributed by atoms with E-state index in [9.17, 15) is 0 Å². The van der Waals surface area contributed by atoms with Gasteiger partial charge in [-0.05, 0) is 38.1 Å². The summed E-state index contributed by atoms with van der Waals surface area (Å²) in [6, 6.07) is 18.2. The van der Waals surface area contributed by atoms with Crippen LogP contribution in [0.1, 0.15) is 13.8 Å². The minimum absolute atomic E-state index is 0.969. The molecule has 0 aliphatic carbocycles. The molecular formula is C15H16N2. The Balaban J connectivity index is 2.30. The first-order valence-electron chi connectivity index (χ1n) is 5.69. The lowest BCUT2D eigenvalue weighted by molar-refractivity contribution is 1.45. The van der Waals surface area contributed by atoms with Gasteiger partial charge in [0.1, 0.15) is 0 Å². The van der Waals surface area contributed by atoms with Crippen LogP contribution >= 0.6 is 0 Å². The van der Waals surface area contributed by atoms with E-state index in [2.05, 4.69) is 10.3 Å². The lowest BCUT2D eigenvalue weighted by Gasteiger charge is -2.09. The summed E-state index contributed by atoms with van der Waals surface area (Å²) in [6.45, 7) is 4.00.